The average Bonchev–Trinajstić information content (AvgIpc) is 2.74. The first-order valence-electron chi connectivity index (χ1n) is 13.1. The van der Waals surface area contributed by atoms with Crippen LogP contribution in [0.25, 0.3) is 0 Å². The Morgan fingerprint density at radius 2 is 0.828 bits per heavy atom. The molecule has 1 unspecified atom stereocenters. The van der Waals surface area contributed by atoms with Crippen LogP contribution in [0.4, 0.5) is 0 Å². The molecular formula is C27H53IN+. The molecule has 0 aliphatic heterocycles. The van der Waals surface area contributed by atoms with Gasteiger partial charge in [0.15, 0.2) is 0 Å². The van der Waals surface area contributed by atoms with E-state index in [0.29, 0.717) is 4.05 Å². The van der Waals surface area contributed by atoms with Crippen molar-refractivity contribution >= 4 is 22.6 Å². The maximum Gasteiger partial charge on any atom is 0.200 e. The van der Waals surface area contributed by atoms with Gasteiger partial charge in [0.05, 0.1) is 19.6 Å². The zero-order chi connectivity index (χ0) is 21.6. The van der Waals surface area contributed by atoms with E-state index in [2.05, 4.69) is 49.3 Å². The van der Waals surface area contributed by atoms with Crippen molar-refractivity contribution < 1.29 is 4.48 Å². The van der Waals surface area contributed by atoms with Gasteiger partial charge in [0.2, 0.25) is 4.05 Å². The van der Waals surface area contributed by atoms with Gasteiger partial charge < -0.3 is 4.48 Å². The van der Waals surface area contributed by atoms with Gasteiger partial charge in [0.1, 0.15) is 0 Å². The molecule has 0 aromatic rings. The third kappa shape index (κ3) is 15.7. The van der Waals surface area contributed by atoms with E-state index >= 15 is 0 Å². The van der Waals surface area contributed by atoms with Crippen LogP contribution in [0.1, 0.15) is 136 Å². The monoisotopic (exact) mass is 518 g/mol. The molecule has 0 heterocycles. The van der Waals surface area contributed by atoms with Crippen LogP contribution in [0.5, 0.6) is 0 Å². The van der Waals surface area contributed by atoms with Crippen molar-refractivity contribution in [2.75, 3.05) is 19.6 Å². The largest absolute Gasteiger partial charge is 0.303 e. The van der Waals surface area contributed by atoms with Crippen molar-refractivity contribution in [3.05, 3.63) is 0 Å². The van der Waals surface area contributed by atoms with E-state index in [1.54, 1.807) is 0 Å². The van der Waals surface area contributed by atoms with E-state index in [9.17, 15) is 0 Å². The van der Waals surface area contributed by atoms with Crippen molar-refractivity contribution in [3.8, 4) is 12.3 Å². The highest BCUT2D eigenvalue weighted by Gasteiger charge is 2.32. The van der Waals surface area contributed by atoms with Gasteiger partial charge in [-0.05, 0) is 44.4 Å². The van der Waals surface area contributed by atoms with Crippen molar-refractivity contribution in [1.29, 1.82) is 0 Å². The smallest absolute Gasteiger partial charge is 0.200 e. The number of quaternary nitrogens is 1. The Hall–Kier alpha value is 0.250. The lowest BCUT2D eigenvalue weighted by Crippen LogP contribution is -2.54. The van der Waals surface area contributed by atoms with Crippen LogP contribution in [0.3, 0.4) is 0 Å². The number of nitrogens with zero attached hydrogens (tertiary/aromatic N) is 1. The van der Waals surface area contributed by atoms with Gasteiger partial charge in [-0.15, -0.1) is 6.42 Å². The van der Waals surface area contributed by atoms with Crippen LogP contribution < -0.4 is 0 Å². The highest BCUT2D eigenvalue weighted by atomic mass is 127. The second kappa shape index (κ2) is 21.5. The lowest BCUT2D eigenvalue weighted by atomic mass is 10.1. The van der Waals surface area contributed by atoms with Gasteiger partial charge in [-0.25, -0.2) is 0 Å². The third-order valence-electron chi connectivity index (χ3n) is 6.49. The van der Waals surface area contributed by atoms with Crippen LogP contribution in [-0.2, 0) is 0 Å². The zero-order valence-electron chi connectivity index (χ0n) is 20.3. The number of unbranched alkanes of at least 4 members (excludes halogenated alkanes) is 15. The van der Waals surface area contributed by atoms with Crippen LogP contribution in [-0.4, -0.2) is 28.2 Å². The van der Waals surface area contributed by atoms with E-state index in [1.165, 1.54) is 140 Å². The molecule has 0 aliphatic carbocycles. The molecule has 0 fully saturated rings. The van der Waals surface area contributed by atoms with E-state index in [0.717, 1.165) is 0 Å². The van der Waals surface area contributed by atoms with Crippen molar-refractivity contribution in [3.63, 3.8) is 0 Å². The number of hydrogen-bond acceptors (Lipinski definition) is 0. The molecule has 0 aromatic carbocycles. The maximum absolute atomic E-state index is 5.97. The summed E-state index contributed by atoms with van der Waals surface area (Å²) < 4.78 is 1.52. The van der Waals surface area contributed by atoms with Crippen LogP contribution >= 0.6 is 22.6 Å². The molecule has 172 valence electrons. The second-order valence-corrected chi connectivity index (χ2v) is 10.4. The Morgan fingerprint density at radius 3 is 1.14 bits per heavy atom. The van der Waals surface area contributed by atoms with Crippen LogP contribution in [0.2, 0.25) is 0 Å². The quantitative estimate of drug-likeness (QED) is 0.0335. The Labute approximate surface area is 198 Å². The number of hydrogen-bond donors (Lipinski definition) is 0. The van der Waals surface area contributed by atoms with Crippen molar-refractivity contribution in [1.82, 2.24) is 0 Å². The van der Waals surface area contributed by atoms with Gasteiger partial charge in [-0.1, -0.05) is 97.8 Å². The molecule has 1 nitrogen and oxygen atoms in total. The highest BCUT2D eigenvalue weighted by molar-refractivity contribution is 14.1. The van der Waals surface area contributed by atoms with E-state index < -0.39 is 0 Å². The van der Waals surface area contributed by atoms with Crippen LogP contribution in [0, 0.1) is 12.3 Å². The molecule has 2 heteroatoms. The molecule has 0 saturated heterocycles. The summed E-state index contributed by atoms with van der Waals surface area (Å²) >= 11 is 2.57. The topological polar surface area (TPSA) is 0 Å². The summed E-state index contributed by atoms with van der Waals surface area (Å²) in [4.78, 5) is 0. The molecule has 0 rings (SSSR count). The molecule has 0 aromatic heterocycles. The fourth-order valence-electron chi connectivity index (χ4n) is 4.45. The van der Waals surface area contributed by atoms with E-state index in [-0.39, 0.29) is 0 Å². The second-order valence-electron chi connectivity index (χ2n) is 9.20. The summed E-state index contributed by atoms with van der Waals surface area (Å²) in [6.45, 7) is 10.8. The summed E-state index contributed by atoms with van der Waals surface area (Å²) in [6.07, 6.45) is 30.9. The molecule has 0 N–H and O–H groups in total. The zero-order valence-corrected chi connectivity index (χ0v) is 22.5. The Balaban J connectivity index is 4.40. The molecule has 0 saturated carbocycles. The molecular weight excluding hydrogens is 465 g/mol. The first-order valence-corrected chi connectivity index (χ1v) is 14.4. The minimum atomic E-state index is 0.342. The normalized spacial score (nSPS) is 12.8. The molecule has 1 atom stereocenters. The van der Waals surface area contributed by atoms with Crippen LogP contribution in [0.15, 0.2) is 0 Å². The third-order valence-corrected chi connectivity index (χ3v) is 8.03. The minimum absolute atomic E-state index is 0.342. The summed E-state index contributed by atoms with van der Waals surface area (Å²) in [6, 6.07) is 0. The van der Waals surface area contributed by atoms with Gasteiger partial charge in [0.25, 0.3) is 0 Å². The Bertz CT molecular complexity index is 361. The lowest BCUT2D eigenvalue weighted by Gasteiger charge is -2.41. The number of halogens is 1. The van der Waals surface area contributed by atoms with Crippen molar-refractivity contribution in [2.45, 2.75) is 140 Å². The van der Waals surface area contributed by atoms with Gasteiger partial charge in [0, 0.05) is 22.6 Å². The summed E-state index contributed by atoms with van der Waals surface area (Å²) in [5, 5.41) is 0. The van der Waals surface area contributed by atoms with Gasteiger partial charge in [-0.2, -0.15) is 0 Å². The molecule has 0 spiro atoms. The number of terminal acetylenes is 1. The number of alkyl halides is 1. The number of rotatable bonds is 22. The SMILES string of the molecule is C#CC(I)[N+](CCCCCC)(CCCCCC)CCCCCCCCCCCC. The predicted molar refractivity (Wildman–Crippen MR) is 142 cm³/mol. The van der Waals surface area contributed by atoms with E-state index in [1.807, 2.05) is 0 Å². The fourth-order valence-corrected chi connectivity index (χ4v) is 5.29. The Morgan fingerprint density at radius 1 is 0.552 bits per heavy atom. The lowest BCUT2D eigenvalue weighted by molar-refractivity contribution is -0.927. The summed E-state index contributed by atoms with van der Waals surface area (Å²) in [5.41, 5.74) is 0. The van der Waals surface area contributed by atoms with Gasteiger partial charge >= 0.3 is 0 Å². The first kappa shape index (κ1) is 29.2. The standard InChI is InChI=1S/C27H53IN/c1-5-9-12-15-16-17-18-19-20-23-26-29(27(28)8-4,24-21-13-10-6-2)25-22-14-11-7-3/h4,27H,5-7,9-26H2,1-3H3/q+1. The fraction of sp³-hybridized carbons (Fsp3) is 0.926. The molecule has 0 amide bonds. The summed E-state index contributed by atoms with van der Waals surface area (Å²) in [7, 11) is 0. The average molecular weight is 519 g/mol. The van der Waals surface area contributed by atoms with Gasteiger partial charge in [-0.3, -0.25) is 0 Å². The maximum atomic E-state index is 5.97. The molecule has 0 radical (unpaired) electrons. The first-order chi connectivity index (χ1) is 14.2. The highest BCUT2D eigenvalue weighted by Crippen LogP contribution is 2.25. The van der Waals surface area contributed by atoms with Crippen molar-refractivity contribution in [2.24, 2.45) is 0 Å². The summed E-state index contributed by atoms with van der Waals surface area (Å²) in [5.74, 6) is 3.13. The predicted octanol–water partition coefficient (Wildman–Crippen LogP) is 9.28. The Kier molecular flexibility index (Phi) is 21.7. The molecule has 0 bridgehead atoms. The molecule has 0 aliphatic rings. The molecule has 29 heavy (non-hydrogen) atoms. The minimum Gasteiger partial charge on any atom is -0.303 e. The van der Waals surface area contributed by atoms with E-state index in [4.69, 9.17) is 6.42 Å².